The Balaban J connectivity index is 1.42. The first-order valence-electron chi connectivity index (χ1n) is 10.1. The monoisotopic (exact) mass is 389 g/mol. The number of carbonyl (C=O) groups is 2. The van der Waals surface area contributed by atoms with Gasteiger partial charge in [-0.1, -0.05) is 12.1 Å². The van der Waals surface area contributed by atoms with Gasteiger partial charge in [-0.2, -0.15) is 0 Å². The molecule has 154 valence electrons. The summed E-state index contributed by atoms with van der Waals surface area (Å²) in [6.07, 6.45) is 3.19. The van der Waals surface area contributed by atoms with Crippen LogP contribution in [0.4, 0.5) is 0 Å². The van der Waals surface area contributed by atoms with Crippen LogP contribution in [0, 0.1) is 0 Å². The molecule has 1 unspecified atom stereocenters. The van der Waals surface area contributed by atoms with Crippen LogP contribution < -0.4 is 10.1 Å². The Labute approximate surface area is 167 Å². The van der Waals surface area contributed by atoms with Crippen LogP contribution in [0.15, 0.2) is 24.3 Å². The summed E-state index contributed by atoms with van der Waals surface area (Å²) in [7, 11) is 3.82. The highest BCUT2D eigenvalue weighted by molar-refractivity contribution is 5.90. The Hall–Kier alpha value is -2.12. The van der Waals surface area contributed by atoms with Crippen LogP contribution in [-0.4, -0.2) is 74.2 Å². The maximum atomic E-state index is 12.3. The molecule has 0 aromatic heterocycles. The highest BCUT2D eigenvalue weighted by Crippen LogP contribution is 2.18. The second kappa shape index (κ2) is 9.89. The summed E-state index contributed by atoms with van der Waals surface area (Å²) in [6, 6.07) is 8.00. The Bertz CT molecular complexity index is 675. The van der Waals surface area contributed by atoms with E-state index in [4.69, 9.17) is 9.47 Å². The van der Waals surface area contributed by atoms with Gasteiger partial charge in [0.1, 0.15) is 18.4 Å². The molecular weight excluding hydrogens is 358 g/mol. The second-order valence-electron chi connectivity index (χ2n) is 7.60. The van der Waals surface area contributed by atoms with Crippen molar-refractivity contribution in [3.8, 4) is 5.75 Å². The highest BCUT2D eigenvalue weighted by atomic mass is 16.5. The van der Waals surface area contributed by atoms with E-state index < -0.39 is 0 Å². The third-order valence-corrected chi connectivity index (χ3v) is 5.69. The summed E-state index contributed by atoms with van der Waals surface area (Å²) < 4.78 is 11.3. The third kappa shape index (κ3) is 5.45. The quantitative estimate of drug-likeness (QED) is 0.728. The van der Waals surface area contributed by atoms with E-state index >= 15 is 0 Å². The third-order valence-electron chi connectivity index (χ3n) is 5.69. The van der Waals surface area contributed by atoms with Crippen molar-refractivity contribution in [2.45, 2.75) is 44.3 Å². The maximum absolute atomic E-state index is 12.3. The summed E-state index contributed by atoms with van der Waals surface area (Å²) in [5.74, 6) is 0.735. The number of hydrogen-bond acceptors (Lipinski definition) is 5. The maximum Gasteiger partial charge on any atom is 0.243 e. The molecule has 1 aromatic carbocycles. The zero-order chi connectivity index (χ0) is 19.9. The lowest BCUT2D eigenvalue weighted by molar-refractivity contribution is -0.133. The largest absolute Gasteiger partial charge is 0.492 e. The molecule has 7 nitrogen and oxygen atoms in total. The van der Waals surface area contributed by atoms with Crippen LogP contribution in [0.5, 0.6) is 5.75 Å². The number of nitrogens with one attached hydrogen (secondary N) is 1. The topological polar surface area (TPSA) is 71.1 Å². The highest BCUT2D eigenvalue weighted by Gasteiger charge is 2.32. The number of ether oxygens (including phenoxy) is 2. The number of likely N-dealkylation sites (N-methyl/N-ethyl adjacent to an activating group) is 2. The van der Waals surface area contributed by atoms with E-state index in [0.717, 1.165) is 43.9 Å². The van der Waals surface area contributed by atoms with Crippen molar-refractivity contribution in [2.75, 3.05) is 40.5 Å². The Morgan fingerprint density at radius 3 is 2.82 bits per heavy atom. The molecule has 2 heterocycles. The van der Waals surface area contributed by atoms with Crippen molar-refractivity contribution in [1.82, 2.24) is 15.1 Å². The van der Waals surface area contributed by atoms with E-state index in [9.17, 15) is 9.59 Å². The van der Waals surface area contributed by atoms with Gasteiger partial charge in [-0.15, -0.1) is 0 Å². The Morgan fingerprint density at radius 2 is 2.11 bits per heavy atom. The number of rotatable bonds is 8. The summed E-state index contributed by atoms with van der Waals surface area (Å²) in [6.45, 7) is 3.60. The van der Waals surface area contributed by atoms with Crippen molar-refractivity contribution in [3.63, 3.8) is 0 Å². The summed E-state index contributed by atoms with van der Waals surface area (Å²) in [5.41, 5.74) is 0.982. The predicted octanol–water partition coefficient (Wildman–Crippen LogP) is 1.41. The van der Waals surface area contributed by atoms with Crippen molar-refractivity contribution < 1.29 is 19.1 Å². The molecular formula is C21H31N3O4. The van der Waals surface area contributed by atoms with Crippen LogP contribution in [-0.2, 0) is 20.9 Å². The van der Waals surface area contributed by atoms with E-state index in [1.807, 2.05) is 24.3 Å². The molecule has 28 heavy (non-hydrogen) atoms. The fourth-order valence-electron chi connectivity index (χ4n) is 3.78. The number of nitrogens with zero attached hydrogens (tertiary/aromatic N) is 2. The molecule has 2 fully saturated rings. The summed E-state index contributed by atoms with van der Waals surface area (Å²) in [4.78, 5) is 27.8. The van der Waals surface area contributed by atoms with E-state index in [1.165, 1.54) is 4.90 Å². The van der Waals surface area contributed by atoms with Crippen molar-refractivity contribution >= 4 is 11.8 Å². The fraction of sp³-hybridized carbons (Fsp3) is 0.619. The van der Waals surface area contributed by atoms with E-state index in [1.54, 1.807) is 7.05 Å². The average Bonchev–Trinajstić information content (AvgIpc) is 3.06. The smallest absolute Gasteiger partial charge is 0.243 e. The first-order valence-corrected chi connectivity index (χ1v) is 10.1. The molecule has 0 spiro atoms. The normalized spacial score (nSPS) is 20.6. The van der Waals surface area contributed by atoms with E-state index in [2.05, 4.69) is 17.3 Å². The van der Waals surface area contributed by atoms with Crippen LogP contribution in [0.3, 0.4) is 0 Å². The Kier molecular flexibility index (Phi) is 7.28. The van der Waals surface area contributed by atoms with Gasteiger partial charge in [0.25, 0.3) is 0 Å². The number of benzene rings is 1. The van der Waals surface area contributed by atoms with Crippen molar-refractivity contribution in [2.24, 2.45) is 0 Å². The molecule has 2 saturated heterocycles. The molecule has 1 N–H and O–H groups in total. The number of amides is 2. The summed E-state index contributed by atoms with van der Waals surface area (Å²) in [5, 5.41) is 2.93. The molecule has 7 heteroatoms. The number of carbonyl (C=O) groups excluding carboxylic acids is 2. The SMILES string of the molecule is CN(CCOc1cccc(CNC(=O)C2CCC(=O)N2C)c1)C1CCOCC1. The lowest BCUT2D eigenvalue weighted by atomic mass is 10.1. The number of hydrogen-bond donors (Lipinski definition) is 1. The fourth-order valence-corrected chi connectivity index (χ4v) is 3.78. The molecule has 0 radical (unpaired) electrons. The van der Waals surface area contributed by atoms with Gasteiger partial charge in [-0.3, -0.25) is 14.5 Å². The summed E-state index contributed by atoms with van der Waals surface area (Å²) >= 11 is 0. The molecule has 2 aliphatic heterocycles. The molecule has 0 aliphatic carbocycles. The minimum absolute atomic E-state index is 0.0290. The second-order valence-corrected chi connectivity index (χ2v) is 7.60. The lowest BCUT2D eigenvalue weighted by Gasteiger charge is -2.31. The minimum Gasteiger partial charge on any atom is -0.492 e. The van der Waals surface area contributed by atoms with Gasteiger partial charge in [0, 0.05) is 45.8 Å². The first-order chi connectivity index (χ1) is 13.5. The van der Waals surface area contributed by atoms with Gasteiger partial charge in [-0.25, -0.2) is 0 Å². The van der Waals surface area contributed by atoms with Crippen LogP contribution in [0.2, 0.25) is 0 Å². The lowest BCUT2D eigenvalue weighted by Crippen LogP contribution is -2.42. The standard InChI is InChI=1S/C21H31N3O4/c1-23(17-8-11-27-12-9-17)10-13-28-18-5-3-4-16(14-18)15-22-21(26)19-6-7-20(25)24(19)2/h3-5,14,17,19H,6-13,15H2,1-2H3,(H,22,26). The predicted molar refractivity (Wildman–Crippen MR) is 106 cm³/mol. The van der Waals surface area contributed by atoms with Crippen molar-refractivity contribution in [3.05, 3.63) is 29.8 Å². The van der Waals surface area contributed by atoms with Gasteiger partial charge in [0.05, 0.1) is 0 Å². The Morgan fingerprint density at radius 1 is 1.32 bits per heavy atom. The molecule has 0 saturated carbocycles. The minimum atomic E-state index is -0.354. The molecule has 1 atom stereocenters. The van der Waals surface area contributed by atoms with Crippen LogP contribution in [0.1, 0.15) is 31.2 Å². The van der Waals surface area contributed by atoms with Gasteiger partial charge in [-0.05, 0) is 44.0 Å². The molecule has 1 aromatic rings. The van der Waals surface area contributed by atoms with E-state index in [-0.39, 0.29) is 17.9 Å². The van der Waals surface area contributed by atoms with Gasteiger partial charge in [0.2, 0.25) is 11.8 Å². The van der Waals surface area contributed by atoms with Crippen LogP contribution in [0.25, 0.3) is 0 Å². The molecule has 2 aliphatic rings. The zero-order valence-corrected chi connectivity index (χ0v) is 16.9. The zero-order valence-electron chi connectivity index (χ0n) is 16.9. The van der Waals surface area contributed by atoms with E-state index in [0.29, 0.717) is 32.0 Å². The average molecular weight is 389 g/mol. The van der Waals surface area contributed by atoms with Gasteiger partial charge >= 0.3 is 0 Å². The van der Waals surface area contributed by atoms with Crippen molar-refractivity contribution in [1.29, 1.82) is 0 Å². The van der Waals surface area contributed by atoms with Gasteiger partial charge in [0.15, 0.2) is 0 Å². The first kappa shape index (κ1) is 20.6. The van der Waals surface area contributed by atoms with Gasteiger partial charge < -0.3 is 19.7 Å². The molecule has 2 amide bonds. The molecule has 3 rings (SSSR count). The number of likely N-dealkylation sites (tertiary alicyclic amines) is 1. The van der Waals surface area contributed by atoms with Crippen LogP contribution >= 0.6 is 0 Å². The molecule has 0 bridgehead atoms.